The van der Waals surface area contributed by atoms with Gasteiger partial charge >= 0.3 is 38.5 Å². The monoisotopic (exact) mass is 406 g/mol. The molecule has 0 nitrogen and oxygen atoms in total. The Kier molecular flexibility index (Phi) is 12.3. The molecule has 0 aromatic heterocycles. The zero-order valence-electron chi connectivity index (χ0n) is 13.9. The summed E-state index contributed by atoms with van der Waals surface area (Å²) in [7, 11) is 0. The summed E-state index contributed by atoms with van der Waals surface area (Å²) in [6.07, 6.45) is 1.17. The molecule has 0 saturated carbocycles. The molecule has 1 aliphatic carbocycles. The Balaban J connectivity index is 0.000000409. The molecule has 0 spiro atoms. The number of fused-ring (bicyclic) bond motifs is 3. The molecule has 0 heterocycles. The predicted octanol–water partition coefficient (Wildman–Crippen LogP) is -0.744. The maximum atomic E-state index is 3.30. The van der Waals surface area contributed by atoms with E-state index in [1.807, 2.05) is 36.4 Å². The zero-order valence-corrected chi connectivity index (χ0v) is 18.0. The minimum atomic E-state index is 0. The van der Waals surface area contributed by atoms with Crippen LogP contribution in [0.15, 0.2) is 72.8 Å². The molecular formula is C20H20Cl2SiTi-2. The van der Waals surface area contributed by atoms with Crippen molar-refractivity contribution in [2.75, 3.05) is 0 Å². The van der Waals surface area contributed by atoms with E-state index in [-0.39, 0.29) is 31.0 Å². The smallest absolute Gasteiger partial charge is 0.0253 e. The van der Waals surface area contributed by atoms with Gasteiger partial charge in [0.15, 0.2) is 0 Å². The molecule has 3 aromatic carbocycles. The van der Waals surface area contributed by atoms with Gasteiger partial charge in [0.2, 0.25) is 0 Å². The first kappa shape index (κ1) is 23.3. The molecule has 0 bridgehead atoms. The third kappa shape index (κ3) is 7.46. The Morgan fingerprint density at radius 1 is 0.917 bits per heavy atom. The van der Waals surface area contributed by atoms with Crippen LogP contribution in [0, 0.1) is 6.07 Å². The fourth-order valence-electron chi connectivity index (χ4n) is 2.32. The van der Waals surface area contributed by atoms with Crippen LogP contribution in [0.4, 0.5) is 0 Å². The fourth-order valence-corrected chi connectivity index (χ4v) is 2.32. The summed E-state index contributed by atoms with van der Waals surface area (Å²) in [5.74, 6) is 0. The molecule has 0 unspecified atom stereocenters. The van der Waals surface area contributed by atoms with E-state index in [1.54, 1.807) is 0 Å². The van der Waals surface area contributed by atoms with Crippen LogP contribution in [0.5, 0.6) is 0 Å². The molecule has 0 amide bonds. The van der Waals surface area contributed by atoms with Crippen molar-refractivity contribution in [1.82, 2.24) is 0 Å². The van der Waals surface area contributed by atoms with Crippen LogP contribution < -0.4 is 24.8 Å². The summed E-state index contributed by atoms with van der Waals surface area (Å²) >= 11 is 2.27. The van der Waals surface area contributed by atoms with Crippen LogP contribution in [-0.2, 0) is 25.6 Å². The molecule has 0 atom stereocenters. The zero-order chi connectivity index (χ0) is 15.8. The first-order valence-corrected chi connectivity index (χ1v) is 12.3. The maximum absolute atomic E-state index is 3.30. The second-order valence-corrected chi connectivity index (χ2v) is 12.0. The Labute approximate surface area is 170 Å². The first-order valence-electron chi connectivity index (χ1n) is 7.45. The summed E-state index contributed by atoms with van der Waals surface area (Å²) in [5, 5.41) is 0. The minimum absolute atomic E-state index is 0. The van der Waals surface area contributed by atoms with Crippen LogP contribution in [0.2, 0.25) is 13.1 Å². The van der Waals surface area contributed by atoms with Gasteiger partial charge in [-0.15, -0.1) is 5.56 Å². The van der Waals surface area contributed by atoms with Gasteiger partial charge < -0.3 is 24.8 Å². The van der Waals surface area contributed by atoms with Crippen LogP contribution in [-0.4, -0.2) is 6.19 Å². The standard InChI is InChI=1S/C13H9.C5H5.C2H6Si.2ClH.Ti/c1-3-7-12-10(5-1)9-11-6-2-4-8-13(11)12;1-2-4-5-3-1;1-3-2;;;/h1-5,7-8H,9H2;1-5H;1-2H3;2*1H;/q2*-1;;;;+2/p-2. The third-order valence-corrected chi connectivity index (χ3v) is 3.17. The molecular weight excluding hydrogens is 387 g/mol. The second kappa shape index (κ2) is 12.6. The molecule has 24 heavy (non-hydrogen) atoms. The topological polar surface area (TPSA) is 0 Å². The van der Waals surface area contributed by atoms with Crippen molar-refractivity contribution in [2.45, 2.75) is 19.5 Å². The van der Waals surface area contributed by atoms with E-state index in [9.17, 15) is 0 Å². The SMILES string of the molecule is C[Si](C)=[Ti+2].[Cl-].[Cl-].[c-]1cccc2c1Cc1ccccc1-2.c1cc[cH-]c1. The van der Waals surface area contributed by atoms with Crippen molar-refractivity contribution in [3.63, 3.8) is 0 Å². The van der Waals surface area contributed by atoms with Gasteiger partial charge in [0.05, 0.1) is 0 Å². The molecule has 124 valence electrons. The van der Waals surface area contributed by atoms with Gasteiger partial charge in [0.1, 0.15) is 0 Å². The number of halogens is 2. The Morgan fingerprint density at radius 2 is 1.50 bits per heavy atom. The van der Waals surface area contributed by atoms with Crippen molar-refractivity contribution in [1.29, 1.82) is 0 Å². The van der Waals surface area contributed by atoms with Crippen molar-refractivity contribution in [2.24, 2.45) is 0 Å². The minimum Gasteiger partial charge on any atom is -1.00 e. The quantitative estimate of drug-likeness (QED) is 0.266. The van der Waals surface area contributed by atoms with Gasteiger partial charge in [-0.25, -0.2) is 12.1 Å². The van der Waals surface area contributed by atoms with Gasteiger partial charge in [-0.3, -0.25) is 0 Å². The van der Waals surface area contributed by atoms with E-state index in [0.29, 0.717) is 0 Å². The number of rotatable bonds is 0. The Hall–Kier alpha value is -0.699. The number of benzene rings is 2. The van der Waals surface area contributed by atoms with E-state index in [1.165, 1.54) is 22.3 Å². The normalized spacial score (nSPS) is 9.50. The van der Waals surface area contributed by atoms with E-state index in [2.05, 4.69) is 74.7 Å². The van der Waals surface area contributed by atoms with Crippen LogP contribution >= 0.6 is 0 Å². The van der Waals surface area contributed by atoms with Gasteiger partial charge in [0.25, 0.3) is 0 Å². The van der Waals surface area contributed by atoms with Crippen molar-refractivity contribution >= 4 is 6.19 Å². The number of hydrogen-bond acceptors (Lipinski definition) is 0. The van der Waals surface area contributed by atoms with Crippen molar-refractivity contribution in [3.8, 4) is 11.1 Å². The molecule has 0 N–H and O–H groups in total. The molecule has 0 saturated heterocycles. The summed E-state index contributed by atoms with van der Waals surface area (Å²) < 4.78 is 0. The molecule has 0 radical (unpaired) electrons. The van der Waals surface area contributed by atoms with E-state index >= 15 is 0 Å². The Morgan fingerprint density at radius 3 is 2.08 bits per heavy atom. The molecule has 1 aliphatic rings. The van der Waals surface area contributed by atoms with Crippen LogP contribution in [0.3, 0.4) is 0 Å². The molecule has 3 aromatic rings. The third-order valence-electron chi connectivity index (χ3n) is 3.17. The fraction of sp³-hybridized carbons (Fsp3) is 0.150. The average molecular weight is 407 g/mol. The summed E-state index contributed by atoms with van der Waals surface area (Å²) in [6, 6.07) is 28.1. The van der Waals surface area contributed by atoms with E-state index < -0.39 is 0 Å². The van der Waals surface area contributed by atoms with Crippen LogP contribution in [0.25, 0.3) is 11.1 Å². The summed E-state index contributed by atoms with van der Waals surface area (Å²) in [4.78, 5) is 0. The van der Waals surface area contributed by atoms with Gasteiger partial charge in [0, 0.05) is 0 Å². The Bertz CT molecular complexity index is 659. The average Bonchev–Trinajstić information content (AvgIpc) is 3.18. The number of hydrogen-bond donors (Lipinski definition) is 0. The predicted molar refractivity (Wildman–Crippen MR) is 93.0 cm³/mol. The van der Waals surface area contributed by atoms with Gasteiger partial charge in [-0.05, 0) is 6.42 Å². The van der Waals surface area contributed by atoms with E-state index in [4.69, 9.17) is 0 Å². The van der Waals surface area contributed by atoms with Gasteiger partial charge in [-0.1, -0.05) is 35.4 Å². The molecule has 4 heteroatoms. The van der Waals surface area contributed by atoms with Crippen molar-refractivity contribution in [3.05, 3.63) is 90.0 Å². The second-order valence-electron chi connectivity index (χ2n) is 5.36. The largest absolute Gasteiger partial charge is 1.00 e. The van der Waals surface area contributed by atoms with Crippen LogP contribution in [0.1, 0.15) is 11.1 Å². The van der Waals surface area contributed by atoms with Gasteiger partial charge in [-0.2, -0.15) is 48.0 Å². The summed E-state index contributed by atoms with van der Waals surface area (Å²) in [6.45, 7) is 4.54. The molecule has 0 aliphatic heterocycles. The van der Waals surface area contributed by atoms with Crippen molar-refractivity contribution < 1.29 is 44.0 Å². The maximum Gasteiger partial charge on any atom is -0.0253 e. The summed E-state index contributed by atoms with van der Waals surface area (Å²) in [5.41, 5.74) is 5.51. The molecule has 4 rings (SSSR count). The molecule has 0 fully saturated rings. The first-order chi connectivity index (χ1) is 10.7. The van der Waals surface area contributed by atoms with E-state index in [0.717, 1.165) is 6.42 Å².